The molecule has 0 spiro atoms. The van der Waals surface area contributed by atoms with Crippen LogP contribution in [0.3, 0.4) is 0 Å². The molecular weight excluding hydrogens is 1050 g/mol. The van der Waals surface area contributed by atoms with E-state index in [4.69, 9.17) is 42.6 Å². The molecule has 25 nitrogen and oxygen atoms in total. The van der Waals surface area contributed by atoms with Crippen molar-refractivity contribution in [2.24, 2.45) is 50.2 Å². The second-order valence-corrected chi connectivity index (χ2v) is 25.9. The Morgan fingerprint density at radius 3 is 1.89 bits per heavy atom. The number of ether oxygens (including phenoxy) is 9. The number of hydrogen-bond acceptors (Lipinski definition) is 25. The fourth-order valence-electron chi connectivity index (χ4n) is 16.5. The number of esters is 2. The number of carbonyl (C=O) groups excluding carboxylic acids is 2. The van der Waals surface area contributed by atoms with Crippen molar-refractivity contribution < 1.29 is 124 Å². The number of aliphatic hydroxyl groups is 14. The fraction of sp³-hybridized carbons (Fsp3) is 0.926. The van der Waals surface area contributed by atoms with Gasteiger partial charge < -0.3 is 114 Å². The number of allylic oxidation sites excluding steroid dienone is 2. The summed E-state index contributed by atoms with van der Waals surface area (Å²) in [7, 11) is 0. The zero-order chi connectivity index (χ0) is 57.9. The van der Waals surface area contributed by atoms with E-state index in [-0.39, 0.29) is 30.6 Å². The number of carbonyl (C=O) groups is 2. The van der Waals surface area contributed by atoms with Gasteiger partial charge in [0, 0.05) is 12.3 Å². The van der Waals surface area contributed by atoms with E-state index in [0.29, 0.717) is 32.1 Å². The highest BCUT2D eigenvalue weighted by atomic mass is 16.8. The first-order valence-corrected chi connectivity index (χ1v) is 27.9. The van der Waals surface area contributed by atoms with Gasteiger partial charge in [0.1, 0.15) is 72.6 Å². The summed E-state index contributed by atoms with van der Waals surface area (Å²) in [6.07, 6.45) is -28.5. The van der Waals surface area contributed by atoms with Crippen LogP contribution in [0.4, 0.5) is 0 Å². The second kappa shape index (κ2) is 22.4. The van der Waals surface area contributed by atoms with Crippen LogP contribution >= 0.6 is 0 Å². The normalized spacial score (nSPS) is 52.3. The first kappa shape index (κ1) is 61.4. The molecule has 79 heavy (non-hydrogen) atoms. The molecular formula is C54H86O25. The van der Waals surface area contributed by atoms with E-state index >= 15 is 4.79 Å². The van der Waals surface area contributed by atoms with E-state index in [1.165, 1.54) is 6.92 Å². The summed E-state index contributed by atoms with van der Waals surface area (Å²) in [6, 6.07) is 0. The van der Waals surface area contributed by atoms with Gasteiger partial charge in [-0.05, 0) is 97.7 Å². The molecule has 4 heterocycles. The molecule has 4 saturated carbocycles. The van der Waals surface area contributed by atoms with Crippen molar-refractivity contribution in [3.05, 3.63) is 11.6 Å². The maximum absolute atomic E-state index is 15.4. The van der Waals surface area contributed by atoms with E-state index in [1.807, 2.05) is 6.92 Å². The van der Waals surface area contributed by atoms with E-state index in [0.717, 1.165) is 12.5 Å². The highest BCUT2D eigenvalue weighted by Gasteiger charge is 2.74. The van der Waals surface area contributed by atoms with Crippen LogP contribution in [0.25, 0.3) is 0 Å². The van der Waals surface area contributed by atoms with Crippen LogP contribution in [-0.2, 0) is 52.2 Å². The zero-order valence-electron chi connectivity index (χ0n) is 45.9. The number of rotatable bonds is 12. The van der Waals surface area contributed by atoms with Gasteiger partial charge in [-0.15, -0.1) is 0 Å². The lowest BCUT2D eigenvalue weighted by atomic mass is 9.33. The predicted molar refractivity (Wildman–Crippen MR) is 265 cm³/mol. The summed E-state index contributed by atoms with van der Waals surface area (Å²) in [5.74, 6) is -3.07. The standard InChI is InChI=1S/C54H86O25/c1-22-40(76-44-37(67)33(63)27(60)18-71-44)41(74-23(2)58)39(69)46(73-22)77-42-34(64)28(61)19-72-47(42)79-48(70)54-13-12-49(3,4)14-25(54)24-8-9-30-50(5)15-26(59)43(78-45-38(68)36(66)35(65)29(17-55)75-45)53(20-56,21-57)31(50)10-11-51(30,6)52(24,7)16-32(54)62/h8,22,25-47,55-57,59-69H,9-21H2,1-7H3. The molecule has 452 valence electrons. The fourth-order valence-corrected chi connectivity index (χ4v) is 16.5. The van der Waals surface area contributed by atoms with Gasteiger partial charge in [-0.2, -0.15) is 0 Å². The summed E-state index contributed by atoms with van der Waals surface area (Å²) in [4.78, 5) is 27.9. The smallest absolute Gasteiger partial charge is 0.317 e. The Balaban J connectivity index is 0.982. The average molecular weight is 1140 g/mol. The molecule has 28 unspecified atom stereocenters. The number of fused-ring (bicyclic) bond motifs is 7. The van der Waals surface area contributed by atoms with Crippen molar-refractivity contribution in [1.82, 2.24) is 0 Å². The van der Waals surface area contributed by atoms with Crippen molar-refractivity contribution in [2.45, 2.75) is 229 Å². The van der Waals surface area contributed by atoms with Gasteiger partial charge in [-0.3, -0.25) is 9.59 Å². The maximum atomic E-state index is 15.4. The van der Waals surface area contributed by atoms with Crippen molar-refractivity contribution in [1.29, 1.82) is 0 Å². The molecule has 25 heteroatoms. The molecule has 0 radical (unpaired) electrons. The van der Waals surface area contributed by atoms with E-state index in [1.54, 1.807) is 0 Å². The monoisotopic (exact) mass is 1130 g/mol. The van der Waals surface area contributed by atoms with E-state index in [9.17, 15) is 76.3 Å². The third-order valence-electron chi connectivity index (χ3n) is 21.1. The lowest BCUT2D eigenvalue weighted by molar-refractivity contribution is -0.369. The highest BCUT2D eigenvalue weighted by Crippen LogP contribution is 2.76. The Kier molecular flexibility index (Phi) is 17.4. The van der Waals surface area contributed by atoms with Crippen molar-refractivity contribution in [3.63, 3.8) is 0 Å². The minimum absolute atomic E-state index is 0.0885. The summed E-state index contributed by atoms with van der Waals surface area (Å²) >= 11 is 0. The SMILES string of the molecule is CC(=O)OC1C(O)C(OC2C(OC(=O)C34CCC(C)(C)CC3C3=CCC5C6(C)CC(O)C(OC7OC(CO)C(O)C(O)C7O)C(CO)(CO)C6CCC5(C)C3(C)CC4O)OCC(O)C2O)OC(C)C1OC1OCC(O)C(O)C1O. The third-order valence-corrected chi connectivity index (χ3v) is 21.1. The van der Waals surface area contributed by atoms with Crippen LogP contribution in [0.5, 0.6) is 0 Å². The minimum Gasteiger partial charge on any atom is -0.457 e. The molecule has 14 N–H and O–H groups in total. The molecule has 9 aliphatic rings. The van der Waals surface area contributed by atoms with Crippen LogP contribution in [0.15, 0.2) is 11.6 Å². The first-order valence-electron chi connectivity index (χ1n) is 27.9. The molecule has 4 aliphatic heterocycles. The Bertz CT molecular complexity index is 2210. The van der Waals surface area contributed by atoms with Crippen LogP contribution in [0, 0.1) is 50.2 Å². The van der Waals surface area contributed by atoms with Crippen LogP contribution in [0.2, 0.25) is 0 Å². The van der Waals surface area contributed by atoms with Gasteiger partial charge in [0.05, 0.1) is 57.5 Å². The highest BCUT2D eigenvalue weighted by molar-refractivity contribution is 5.80. The van der Waals surface area contributed by atoms with Gasteiger partial charge in [0.15, 0.2) is 31.1 Å². The molecule has 0 bridgehead atoms. The molecule has 28 atom stereocenters. The molecule has 9 rings (SSSR count). The summed E-state index contributed by atoms with van der Waals surface area (Å²) in [5, 5.41) is 155. The quantitative estimate of drug-likeness (QED) is 0.0518. The lowest BCUT2D eigenvalue weighted by Crippen LogP contribution is -2.71. The number of aliphatic hydroxyl groups excluding tert-OH is 14. The largest absolute Gasteiger partial charge is 0.457 e. The zero-order valence-corrected chi connectivity index (χ0v) is 45.9. The first-order chi connectivity index (χ1) is 37.0. The molecule has 0 aromatic carbocycles. The van der Waals surface area contributed by atoms with Crippen molar-refractivity contribution >= 4 is 11.9 Å². The molecule has 0 aromatic heterocycles. The van der Waals surface area contributed by atoms with Gasteiger partial charge in [0.25, 0.3) is 0 Å². The molecule has 8 fully saturated rings. The topological polar surface area (TPSA) is 400 Å². The van der Waals surface area contributed by atoms with Crippen LogP contribution in [-0.4, -0.2) is 245 Å². The maximum Gasteiger partial charge on any atom is 0.317 e. The minimum atomic E-state index is -1.90. The Labute approximate surface area is 458 Å². The Morgan fingerprint density at radius 1 is 0.620 bits per heavy atom. The third kappa shape index (κ3) is 9.95. The summed E-state index contributed by atoms with van der Waals surface area (Å²) < 4.78 is 53.0. The molecule has 4 saturated heterocycles. The Hall–Kier alpha value is -2.16. The lowest BCUT2D eigenvalue weighted by Gasteiger charge is -2.72. The van der Waals surface area contributed by atoms with E-state index < -0.39 is 213 Å². The van der Waals surface area contributed by atoms with Gasteiger partial charge in [-0.1, -0.05) is 46.3 Å². The van der Waals surface area contributed by atoms with Crippen LogP contribution < -0.4 is 0 Å². The van der Waals surface area contributed by atoms with Crippen molar-refractivity contribution in [2.75, 3.05) is 33.0 Å². The van der Waals surface area contributed by atoms with E-state index in [2.05, 4.69) is 33.8 Å². The molecule has 0 amide bonds. The summed E-state index contributed by atoms with van der Waals surface area (Å²) in [6.45, 7) is 10.1. The van der Waals surface area contributed by atoms with Crippen LogP contribution in [0.1, 0.15) is 99.8 Å². The predicted octanol–water partition coefficient (Wildman–Crippen LogP) is -3.27. The van der Waals surface area contributed by atoms with Crippen molar-refractivity contribution in [3.8, 4) is 0 Å². The molecule has 5 aliphatic carbocycles. The molecule has 0 aromatic rings. The summed E-state index contributed by atoms with van der Waals surface area (Å²) in [5.41, 5.74) is -4.70. The second-order valence-electron chi connectivity index (χ2n) is 25.9. The van der Waals surface area contributed by atoms with Gasteiger partial charge >= 0.3 is 11.9 Å². The Morgan fingerprint density at radius 2 is 1.24 bits per heavy atom. The average Bonchev–Trinajstić information content (AvgIpc) is 3.07. The number of hydrogen-bond donors (Lipinski definition) is 14. The van der Waals surface area contributed by atoms with Gasteiger partial charge in [-0.25, -0.2) is 0 Å². The van der Waals surface area contributed by atoms with Gasteiger partial charge in [0.2, 0.25) is 6.29 Å².